The summed E-state index contributed by atoms with van der Waals surface area (Å²) in [5.74, 6) is 0.525. The second-order valence-corrected chi connectivity index (χ2v) is 3.22. The standard InChI is InChI=1S/C7H9ClF3N3/c1-5-12-13-6(8)14(5)4-2-3-7(9,10)11/h2-4H2,1H3. The first kappa shape index (κ1) is 11.3. The summed E-state index contributed by atoms with van der Waals surface area (Å²) >= 11 is 5.60. The Hall–Kier alpha value is -0.780. The highest BCUT2D eigenvalue weighted by atomic mass is 35.5. The highest BCUT2D eigenvalue weighted by molar-refractivity contribution is 6.28. The van der Waals surface area contributed by atoms with Crippen LogP contribution in [-0.4, -0.2) is 20.9 Å². The lowest BCUT2D eigenvalue weighted by Gasteiger charge is -2.07. The third kappa shape index (κ3) is 3.17. The second kappa shape index (κ2) is 4.16. The summed E-state index contributed by atoms with van der Waals surface area (Å²) < 4.78 is 36.9. The predicted octanol–water partition coefficient (Wildman–Crippen LogP) is 2.58. The number of hydrogen-bond acceptors (Lipinski definition) is 2. The minimum absolute atomic E-state index is 0.0118. The second-order valence-electron chi connectivity index (χ2n) is 2.89. The van der Waals surface area contributed by atoms with E-state index in [0.717, 1.165) is 0 Å². The lowest BCUT2D eigenvalue weighted by Crippen LogP contribution is -2.10. The molecule has 7 heteroatoms. The van der Waals surface area contributed by atoms with Gasteiger partial charge in [0.1, 0.15) is 5.82 Å². The van der Waals surface area contributed by atoms with E-state index in [1.54, 1.807) is 6.92 Å². The molecular weight excluding hydrogens is 219 g/mol. The minimum atomic E-state index is -4.12. The van der Waals surface area contributed by atoms with Crippen molar-refractivity contribution in [3.05, 3.63) is 11.1 Å². The number of alkyl halides is 3. The molecule has 0 N–H and O–H groups in total. The Morgan fingerprint density at radius 2 is 2.00 bits per heavy atom. The summed E-state index contributed by atoms with van der Waals surface area (Å²) in [7, 11) is 0. The first-order valence-electron chi connectivity index (χ1n) is 4.02. The smallest absolute Gasteiger partial charge is 0.302 e. The van der Waals surface area contributed by atoms with Gasteiger partial charge < -0.3 is 4.57 Å². The minimum Gasteiger partial charge on any atom is -0.302 e. The first-order valence-corrected chi connectivity index (χ1v) is 4.40. The molecule has 1 heterocycles. The molecule has 0 radical (unpaired) electrons. The number of rotatable bonds is 3. The van der Waals surface area contributed by atoms with Crippen molar-refractivity contribution in [2.75, 3.05) is 0 Å². The van der Waals surface area contributed by atoms with Crippen LogP contribution in [0.25, 0.3) is 0 Å². The summed E-state index contributed by atoms with van der Waals surface area (Å²) in [4.78, 5) is 0. The Kier molecular flexibility index (Phi) is 3.36. The van der Waals surface area contributed by atoms with Crippen LogP contribution in [0.15, 0.2) is 0 Å². The van der Waals surface area contributed by atoms with Crippen LogP contribution in [0.5, 0.6) is 0 Å². The quantitative estimate of drug-likeness (QED) is 0.795. The van der Waals surface area contributed by atoms with Crippen molar-refractivity contribution >= 4 is 11.6 Å². The van der Waals surface area contributed by atoms with Gasteiger partial charge in [-0.2, -0.15) is 13.2 Å². The molecule has 0 atom stereocenters. The molecule has 0 amide bonds. The van der Waals surface area contributed by atoms with Crippen molar-refractivity contribution in [1.82, 2.24) is 14.8 Å². The van der Waals surface area contributed by atoms with E-state index in [0.29, 0.717) is 5.82 Å². The van der Waals surface area contributed by atoms with E-state index in [-0.39, 0.29) is 18.2 Å². The molecular formula is C7H9ClF3N3. The average molecular weight is 228 g/mol. The van der Waals surface area contributed by atoms with Gasteiger partial charge in [0, 0.05) is 13.0 Å². The maximum absolute atomic E-state index is 11.8. The van der Waals surface area contributed by atoms with E-state index < -0.39 is 12.6 Å². The van der Waals surface area contributed by atoms with Gasteiger partial charge in [0.2, 0.25) is 5.28 Å². The van der Waals surface area contributed by atoms with Gasteiger partial charge in [0.15, 0.2) is 0 Å². The van der Waals surface area contributed by atoms with Gasteiger partial charge in [0.25, 0.3) is 0 Å². The number of aromatic nitrogens is 3. The topological polar surface area (TPSA) is 30.7 Å². The Morgan fingerprint density at radius 3 is 2.43 bits per heavy atom. The fraction of sp³-hybridized carbons (Fsp3) is 0.714. The molecule has 0 spiro atoms. The fourth-order valence-electron chi connectivity index (χ4n) is 1.05. The van der Waals surface area contributed by atoms with Gasteiger partial charge in [-0.3, -0.25) is 0 Å². The van der Waals surface area contributed by atoms with Crippen LogP contribution < -0.4 is 0 Å². The molecule has 0 fully saturated rings. The lowest BCUT2D eigenvalue weighted by molar-refractivity contribution is -0.135. The molecule has 3 nitrogen and oxygen atoms in total. The van der Waals surface area contributed by atoms with Crippen LogP contribution in [0.1, 0.15) is 18.7 Å². The molecule has 1 aromatic heterocycles. The van der Waals surface area contributed by atoms with E-state index >= 15 is 0 Å². The normalized spacial score (nSPS) is 12.1. The Balaban J connectivity index is 2.46. The summed E-state index contributed by atoms with van der Waals surface area (Å²) in [5.41, 5.74) is 0. The number of hydrogen-bond donors (Lipinski definition) is 0. The number of aryl methyl sites for hydroxylation is 1. The third-order valence-corrected chi connectivity index (χ3v) is 2.01. The molecule has 0 unspecified atom stereocenters. The molecule has 0 saturated heterocycles. The van der Waals surface area contributed by atoms with Crippen molar-refractivity contribution < 1.29 is 13.2 Å². The van der Waals surface area contributed by atoms with Crippen molar-refractivity contribution in [2.24, 2.45) is 0 Å². The van der Waals surface area contributed by atoms with E-state index in [4.69, 9.17) is 11.6 Å². The lowest BCUT2D eigenvalue weighted by atomic mass is 10.3. The first-order chi connectivity index (χ1) is 6.40. The largest absolute Gasteiger partial charge is 0.389 e. The van der Waals surface area contributed by atoms with Crippen molar-refractivity contribution in [3.8, 4) is 0 Å². The Morgan fingerprint density at radius 1 is 1.36 bits per heavy atom. The zero-order valence-electron chi connectivity index (χ0n) is 7.47. The molecule has 1 rings (SSSR count). The van der Waals surface area contributed by atoms with Crippen molar-refractivity contribution in [1.29, 1.82) is 0 Å². The summed E-state index contributed by atoms with van der Waals surface area (Å²) in [6.45, 7) is 1.84. The van der Waals surface area contributed by atoms with Gasteiger partial charge in [-0.05, 0) is 24.9 Å². The molecule has 0 aromatic carbocycles. The van der Waals surface area contributed by atoms with Crippen LogP contribution >= 0.6 is 11.6 Å². The van der Waals surface area contributed by atoms with Crippen molar-refractivity contribution in [2.45, 2.75) is 32.5 Å². The van der Waals surface area contributed by atoms with E-state index in [1.165, 1.54) is 4.57 Å². The number of halogens is 4. The van der Waals surface area contributed by atoms with Crippen LogP contribution in [-0.2, 0) is 6.54 Å². The van der Waals surface area contributed by atoms with Crippen LogP contribution in [0, 0.1) is 6.92 Å². The monoisotopic (exact) mass is 227 g/mol. The van der Waals surface area contributed by atoms with Gasteiger partial charge in [0.05, 0.1) is 0 Å². The molecule has 0 aliphatic heterocycles. The van der Waals surface area contributed by atoms with Crippen molar-refractivity contribution in [3.63, 3.8) is 0 Å². The van der Waals surface area contributed by atoms with Gasteiger partial charge in [-0.25, -0.2) is 0 Å². The van der Waals surface area contributed by atoms with Crippen LogP contribution in [0.4, 0.5) is 13.2 Å². The van der Waals surface area contributed by atoms with E-state index in [1.807, 2.05) is 0 Å². The fourth-order valence-corrected chi connectivity index (χ4v) is 1.29. The van der Waals surface area contributed by atoms with E-state index in [2.05, 4.69) is 10.2 Å². The zero-order chi connectivity index (χ0) is 10.8. The Labute approximate surface area is 83.9 Å². The average Bonchev–Trinajstić information content (AvgIpc) is 2.33. The molecule has 0 aliphatic carbocycles. The predicted molar refractivity (Wildman–Crippen MR) is 45.1 cm³/mol. The summed E-state index contributed by atoms with van der Waals surface area (Å²) in [5, 5.41) is 7.29. The molecule has 1 aromatic rings. The highest BCUT2D eigenvalue weighted by Crippen LogP contribution is 2.22. The maximum atomic E-state index is 11.8. The molecule has 0 aliphatic rings. The van der Waals surface area contributed by atoms with Crippen LogP contribution in [0.2, 0.25) is 5.28 Å². The molecule has 14 heavy (non-hydrogen) atoms. The molecule has 0 saturated carbocycles. The van der Waals surface area contributed by atoms with Gasteiger partial charge in [-0.15, -0.1) is 10.2 Å². The Bertz CT molecular complexity index is 288. The molecule has 0 bridgehead atoms. The highest BCUT2D eigenvalue weighted by Gasteiger charge is 2.26. The van der Waals surface area contributed by atoms with Gasteiger partial charge in [-0.1, -0.05) is 0 Å². The number of nitrogens with zero attached hydrogens (tertiary/aromatic N) is 3. The maximum Gasteiger partial charge on any atom is 0.389 e. The third-order valence-electron chi connectivity index (χ3n) is 1.73. The molecule has 80 valence electrons. The summed E-state index contributed by atoms with van der Waals surface area (Å²) in [6, 6.07) is 0. The van der Waals surface area contributed by atoms with Crippen LogP contribution in [0.3, 0.4) is 0 Å². The van der Waals surface area contributed by atoms with E-state index in [9.17, 15) is 13.2 Å². The zero-order valence-corrected chi connectivity index (χ0v) is 8.23. The SMILES string of the molecule is Cc1nnc(Cl)n1CCCC(F)(F)F. The summed E-state index contributed by atoms with van der Waals surface area (Å²) in [6.07, 6.45) is -4.95. The van der Waals surface area contributed by atoms with Gasteiger partial charge >= 0.3 is 6.18 Å².